The molecule has 0 bridgehead atoms. The standard InChI is InChI=1S/C26H24N6O/c27-15-26(9-10-26)23-5-2-6-24(31-23)32-22-13-16(7-8-17(22)14-29-32)20-3-1-4-21(30-20)25(28)18-11-19(33)12-18/h1-8,13-14,18-19,25,33H,9-12,28H2/t18-,19+,25-/m0/s1. The highest BCUT2D eigenvalue weighted by Gasteiger charge is 2.46. The van der Waals surface area contributed by atoms with Gasteiger partial charge in [-0.15, -0.1) is 0 Å². The molecule has 0 radical (unpaired) electrons. The van der Waals surface area contributed by atoms with E-state index in [1.165, 1.54) is 0 Å². The summed E-state index contributed by atoms with van der Waals surface area (Å²) in [5, 5.41) is 24.7. The number of nitrogens with zero attached hydrogens (tertiary/aromatic N) is 5. The number of aromatic nitrogens is 4. The Labute approximate surface area is 191 Å². The monoisotopic (exact) mass is 436 g/mol. The Bertz CT molecular complexity index is 1390. The lowest BCUT2D eigenvalue weighted by Gasteiger charge is -2.35. The number of pyridine rings is 2. The first-order chi connectivity index (χ1) is 16.1. The van der Waals surface area contributed by atoms with E-state index in [9.17, 15) is 10.4 Å². The second-order valence-electron chi connectivity index (χ2n) is 9.26. The zero-order valence-corrected chi connectivity index (χ0v) is 18.1. The average molecular weight is 437 g/mol. The first-order valence-electron chi connectivity index (χ1n) is 11.3. The fraction of sp³-hybridized carbons (Fsp3) is 0.308. The second kappa shape index (κ2) is 7.48. The van der Waals surface area contributed by atoms with Crippen molar-refractivity contribution in [3.63, 3.8) is 0 Å². The minimum atomic E-state index is -0.441. The predicted molar refractivity (Wildman–Crippen MR) is 124 cm³/mol. The van der Waals surface area contributed by atoms with Crippen LogP contribution in [0.25, 0.3) is 28.0 Å². The van der Waals surface area contributed by atoms with Crippen molar-refractivity contribution in [2.24, 2.45) is 11.7 Å². The van der Waals surface area contributed by atoms with Gasteiger partial charge in [-0.05, 0) is 61.9 Å². The lowest BCUT2D eigenvalue weighted by atomic mass is 9.76. The summed E-state index contributed by atoms with van der Waals surface area (Å²) in [5.74, 6) is 0.974. The quantitative estimate of drug-likeness (QED) is 0.492. The van der Waals surface area contributed by atoms with Crippen molar-refractivity contribution in [2.45, 2.75) is 43.2 Å². The molecule has 3 heterocycles. The molecule has 0 unspecified atom stereocenters. The molecule has 6 rings (SSSR count). The van der Waals surface area contributed by atoms with Gasteiger partial charge in [0.05, 0.1) is 52.4 Å². The minimum absolute atomic E-state index is 0.176. The zero-order chi connectivity index (χ0) is 22.6. The summed E-state index contributed by atoms with van der Waals surface area (Å²) in [6.07, 6.45) is 4.77. The predicted octanol–water partition coefficient (Wildman–Crippen LogP) is 3.81. The molecule has 33 heavy (non-hydrogen) atoms. The summed E-state index contributed by atoms with van der Waals surface area (Å²) < 4.78 is 1.82. The lowest BCUT2D eigenvalue weighted by Crippen LogP contribution is -2.36. The van der Waals surface area contributed by atoms with Gasteiger partial charge in [-0.1, -0.05) is 24.3 Å². The number of rotatable bonds is 5. The Morgan fingerprint density at radius 3 is 2.67 bits per heavy atom. The number of benzene rings is 1. The molecule has 0 saturated heterocycles. The molecule has 0 amide bonds. The van der Waals surface area contributed by atoms with E-state index >= 15 is 0 Å². The zero-order valence-electron chi connectivity index (χ0n) is 18.1. The van der Waals surface area contributed by atoms with Crippen LogP contribution in [0, 0.1) is 17.2 Å². The molecule has 3 N–H and O–H groups in total. The van der Waals surface area contributed by atoms with Crippen LogP contribution in [0.3, 0.4) is 0 Å². The maximum absolute atomic E-state index is 9.62. The third-order valence-corrected chi connectivity index (χ3v) is 7.04. The topological polar surface area (TPSA) is 114 Å². The number of nitrogens with two attached hydrogens (primary N) is 1. The highest BCUT2D eigenvalue weighted by Crippen LogP contribution is 2.46. The molecular weight excluding hydrogens is 412 g/mol. The highest BCUT2D eigenvalue weighted by atomic mass is 16.3. The average Bonchev–Trinajstić information content (AvgIpc) is 3.53. The first-order valence-corrected chi connectivity index (χ1v) is 11.3. The van der Waals surface area contributed by atoms with Crippen LogP contribution in [0.4, 0.5) is 0 Å². The van der Waals surface area contributed by atoms with Gasteiger partial charge in [0.15, 0.2) is 5.82 Å². The SMILES string of the molecule is N#CC1(c2cccc(-n3ncc4ccc(-c5cccc([C@@H](N)[C@H]6C[C@@H](O)C6)n5)cc43)n2)CC1. The summed E-state index contributed by atoms with van der Waals surface area (Å²) >= 11 is 0. The number of aliphatic hydroxyl groups excluding tert-OH is 1. The van der Waals surface area contributed by atoms with Crippen LogP contribution < -0.4 is 5.73 Å². The van der Waals surface area contributed by atoms with Crippen LogP contribution in [0.2, 0.25) is 0 Å². The highest BCUT2D eigenvalue weighted by molar-refractivity contribution is 5.84. The van der Waals surface area contributed by atoms with Gasteiger partial charge in [0.2, 0.25) is 0 Å². The molecule has 1 aromatic carbocycles. The van der Waals surface area contributed by atoms with Crippen molar-refractivity contribution in [1.82, 2.24) is 19.7 Å². The fourth-order valence-corrected chi connectivity index (χ4v) is 4.68. The molecule has 2 aliphatic carbocycles. The maximum Gasteiger partial charge on any atom is 0.154 e. The summed E-state index contributed by atoms with van der Waals surface area (Å²) in [4.78, 5) is 9.62. The van der Waals surface area contributed by atoms with Crippen LogP contribution in [0.1, 0.15) is 43.1 Å². The normalized spacial score (nSPS) is 21.8. The van der Waals surface area contributed by atoms with Gasteiger partial charge in [0, 0.05) is 10.9 Å². The number of nitriles is 1. The summed E-state index contributed by atoms with van der Waals surface area (Å²) in [6, 6.07) is 20.1. The van der Waals surface area contributed by atoms with E-state index in [1.54, 1.807) is 0 Å². The molecule has 1 atom stereocenters. The van der Waals surface area contributed by atoms with Crippen LogP contribution in [0.15, 0.2) is 60.8 Å². The first kappa shape index (κ1) is 20.0. The van der Waals surface area contributed by atoms with Gasteiger partial charge in [0.1, 0.15) is 0 Å². The Kier molecular flexibility index (Phi) is 4.54. The molecule has 3 aromatic heterocycles. The Balaban J connectivity index is 1.36. The molecule has 4 aromatic rings. The molecule has 0 aliphatic heterocycles. The minimum Gasteiger partial charge on any atom is -0.393 e. The molecule has 164 valence electrons. The van der Waals surface area contributed by atoms with Crippen molar-refractivity contribution in [3.05, 3.63) is 72.2 Å². The second-order valence-corrected chi connectivity index (χ2v) is 9.26. The van der Waals surface area contributed by atoms with Gasteiger partial charge in [0.25, 0.3) is 0 Å². The van der Waals surface area contributed by atoms with Crippen LogP contribution in [0.5, 0.6) is 0 Å². The van der Waals surface area contributed by atoms with E-state index < -0.39 is 5.41 Å². The molecule has 7 heteroatoms. The fourth-order valence-electron chi connectivity index (χ4n) is 4.68. The van der Waals surface area contributed by atoms with Crippen molar-refractivity contribution in [1.29, 1.82) is 5.26 Å². The van der Waals surface area contributed by atoms with E-state index in [1.807, 2.05) is 59.4 Å². The van der Waals surface area contributed by atoms with Crippen molar-refractivity contribution >= 4 is 10.9 Å². The largest absolute Gasteiger partial charge is 0.393 e. The van der Waals surface area contributed by atoms with Crippen molar-refractivity contribution < 1.29 is 5.11 Å². The van der Waals surface area contributed by atoms with E-state index in [0.29, 0.717) is 5.82 Å². The Hall–Kier alpha value is -3.60. The third-order valence-electron chi connectivity index (χ3n) is 7.04. The van der Waals surface area contributed by atoms with E-state index in [0.717, 1.165) is 59.2 Å². The smallest absolute Gasteiger partial charge is 0.154 e. The van der Waals surface area contributed by atoms with Crippen LogP contribution in [-0.2, 0) is 5.41 Å². The van der Waals surface area contributed by atoms with Gasteiger partial charge < -0.3 is 10.8 Å². The van der Waals surface area contributed by atoms with E-state index in [-0.39, 0.29) is 18.1 Å². The molecule has 2 aliphatic rings. The molecule has 0 spiro atoms. The van der Waals surface area contributed by atoms with E-state index in [2.05, 4.69) is 17.2 Å². The Morgan fingerprint density at radius 2 is 1.91 bits per heavy atom. The maximum atomic E-state index is 9.62. The van der Waals surface area contributed by atoms with Crippen molar-refractivity contribution in [2.75, 3.05) is 0 Å². The van der Waals surface area contributed by atoms with Gasteiger partial charge in [-0.2, -0.15) is 10.4 Å². The number of hydrogen-bond donors (Lipinski definition) is 2. The molecule has 7 nitrogen and oxygen atoms in total. The summed E-state index contributed by atoms with van der Waals surface area (Å²) in [7, 11) is 0. The van der Waals surface area contributed by atoms with E-state index in [4.69, 9.17) is 15.7 Å². The van der Waals surface area contributed by atoms with Crippen LogP contribution in [-0.4, -0.2) is 31.0 Å². The lowest BCUT2D eigenvalue weighted by molar-refractivity contribution is 0.0302. The summed E-state index contributed by atoms with van der Waals surface area (Å²) in [6.45, 7) is 0. The van der Waals surface area contributed by atoms with Gasteiger partial charge in [-0.3, -0.25) is 4.98 Å². The molecule has 2 saturated carbocycles. The third kappa shape index (κ3) is 3.39. The van der Waals surface area contributed by atoms with Gasteiger partial charge >= 0.3 is 0 Å². The van der Waals surface area contributed by atoms with Gasteiger partial charge in [-0.25, -0.2) is 9.67 Å². The van der Waals surface area contributed by atoms with Crippen molar-refractivity contribution in [3.8, 4) is 23.1 Å². The number of hydrogen-bond acceptors (Lipinski definition) is 6. The molecular formula is C26H24N6O. The number of fused-ring (bicyclic) bond motifs is 1. The Morgan fingerprint density at radius 1 is 1.09 bits per heavy atom. The summed E-state index contributed by atoms with van der Waals surface area (Å²) in [5.41, 5.74) is 10.4. The van der Waals surface area contributed by atoms with Crippen LogP contribution >= 0.6 is 0 Å². The number of aliphatic hydroxyl groups is 1. The molecule has 2 fully saturated rings.